The number of amides is 1. The van der Waals surface area contributed by atoms with Crippen molar-refractivity contribution in [3.8, 4) is 22.9 Å². The molecule has 1 aliphatic heterocycles. The predicted octanol–water partition coefficient (Wildman–Crippen LogP) is 2.98. The molecule has 0 unspecified atom stereocenters. The third-order valence-corrected chi connectivity index (χ3v) is 4.89. The van der Waals surface area contributed by atoms with Gasteiger partial charge in [-0.15, -0.1) is 5.10 Å². The summed E-state index contributed by atoms with van der Waals surface area (Å²) in [6.45, 7) is 0.252. The minimum atomic E-state index is -0.0340. The molecule has 0 saturated heterocycles. The van der Waals surface area contributed by atoms with Crippen LogP contribution < -0.4 is 14.8 Å². The number of carbonyl (C=O) groups is 1. The van der Waals surface area contributed by atoms with Crippen LogP contribution in [0.1, 0.15) is 30.9 Å². The standard InChI is InChI=1S/C20H19N5O3/c26-19(10-2-13-1-9-17-18(11-13)28-12-27-17)21-15-5-3-14(4-6-15)20-22-23-24-25(20)16-7-8-16/h1,3-6,9,11,16H,2,7-8,10,12H2,(H,21,26). The van der Waals surface area contributed by atoms with Gasteiger partial charge in [-0.05, 0) is 71.7 Å². The van der Waals surface area contributed by atoms with Gasteiger partial charge in [-0.2, -0.15) is 0 Å². The Kier molecular flexibility index (Phi) is 4.16. The summed E-state index contributed by atoms with van der Waals surface area (Å²) < 4.78 is 12.5. The number of anilines is 1. The van der Waals surface area contributed by atoms with Crippen molar-refractivity contribution in [3.05, 3.63) is 48.0 Å². The fourth-order valence-corrected chi connectivity index (χ4v) is 3.23. The fourth-order valence-electron chi connectivity index (χ4n) is 3.23. The molecule has 8 heteroatoms. The van der Waals surface area contributed by atoms with Crippen LogP contribution >= 0.6 is 0 Å². The molecule has 1 amide bonds. The lowest BCUT2D eigenvalue weighted by molar-refractivity contribution is -0.116. The first-order valence-corrected chi connectivity index (χ1v) is 9.33. The van der Waals surface area contributed by atoms with Crippen molar-refractivity contribution < 1.29 is 14.3 Å². The van der Waals surface area contributed by atoms with Crippen LogP contribution in [0.15, 0.2) is 42.5 Å². The van der Waals surface area contributed by atoms with Gasteiger partial charge in [-0.3, -0.25) is 4.79 Å². The number of aryl methyl sites for hydroxylation is 1. The maximum Gasteiger partial charge on any atom is 0.231 e. The van der Waals surface area contributed by atoms with E-state index >= 15 is 0 Å². The predicted molar refractivity (Wildman–Crippen MR) is 101 cm³/mol. The molecule has 3 aromatic rings. The molecule has 2 aromatic carbocycles. The van der Waals surface area contributed by atoms with Gasteiger partial charge in [0.05, 0.1) is 6.04 Å². The highest BCUT2D eigenvalue weighted by molar-refractivity contribution is 5.91. The Balaban J connectivity index is 1.19. The molecule has 142 valence electrons. The van der Waals surface area contributed by atoms with E-state index in [0.29, 0.717) is 18.9 Å². The molecule has 0 bridgehead atoms. The number of rotatable bonds is 6. The maximum atomic E-state index is 12.3. The van der Waals surface area contributed by atoms with Crippen LogP contribution in [0.3, 0.4) is 0 Å². The first-order valence-electron chi connectivity index (χ1n) is 9.33. The lowest BCUT2D eigenvalue weighted by atomic mass is 10.1. The second kappa shape index (κ2) is 6.95. The lowest BCUT2D eigenvalue weighted by Crippen LogP contribution is -2.12. The van der Waals surface area contributed by atoms with Gasteiger partial charge in [-0.1, -0.05) is 6.07 Å². The Hall–Kier alpha value is -3.42. The molecular weight excluding hydrogens is 358 g/mol. The van der Waals surface area contributed by atoms with Gasteiger partial charge in [0.25, 0.3) is 0 Å². The summed E-state index contributed by atoms with van der Waals surface area (Å²) >= 11 is 0. The highest BCUT2D eigenvalue weighted by Gasteiger charge is 2.28. The second-order valence-electron chi connectivity index (χ2n) is 6.99. The number of tetrazole rings is 1. The number of benzene rings is 2. The van der Waals surface area contributed by atoms with E-state index in [4.69, 9.17) is 9.47 Å². The normalized spacial score (nSPS) is 14.9. The van der Waals surface area contributed by atoms with Gasteiger partial charge in [0, 0.05) is 17.7 Å². The molecule has 1 fully saturated rings. The zero-order valence-corrected chi connectivity index (χ0v) is 15.2. The van der Waals surface area contributed by atoms with Crippen LogP contribution in [-0.4, -0.2) is 32.9 Å². The van der Waals surface area contributed by atoms with E-state index in [9.17, 15) is 4.79 Å². The van der Waals surface area contributed by atoms with E-state index in [-0.39, 0.29) is 12.7 Å². The number of carbonyl (C=O) groups excluding carboxylic acids is 1. The van der Waals surface area contributed by atoms with Gasteiger partial charge in [0.15, 0.2) is 17.3 Å². The molecule has 1 N–H and O–H groups in total. The topological polar surface area (TPSA) is 91.2 Å². The molecule has 1 aromatic heterocycles. The number of nitrogens with zero attached hydrogens (tertiary/aromatic N) is 4. The minimum absolute atomic E-state index is 0.0340. The third kappa shape index (κ3) is 3.40. The molecule has 5 rings (SSSR count). The largest absolute Gasteiger partial charge is 0.454 e. The zero-order valence-electron chi connectivity index (χ0n) is 15.2. The summed E-state index contributed by atoms with van der Waals surface area (Å²) in [6, 6.07) is 13.8. The van der Waals surface area contributed by atoms with E-state index in [1.165, 1.54) is 0 Å². The quantitative estimate of drug-likeness (QED) is 0.710. The van der Waals surface area contributed by atoms with Gasteiger partial charge in [0.1, 0.15) is 0 Å². The number of aromatic nitrogens is 4. The van der Waals surface area contributed by atoms with Crippen molar-refractivity contribution in [3.63, 3.8) is 0 Å². The Labute approximate surface area is 161 Å². The van der Waals surface area contributed by atoms with Crippen LogP contribution in [-0.2, 0) is 11.2 Å². The van der Waals surface area contributed by atoms with Gasteiger partial charge in [0.2, 0.25) is 12.7 Å². The SMILES string of the molecule is O=C(CCc1ccc2c(c1)OCO2)Nc1ccc(-c2nnnn2C2CC2)cc1. The average molecular weight is 377 g/mol. The Morgan fingerprint density at radius 3 is 2.75 bits per heavy atom. The molecule has 28 heavy (non-hydrogen) atoms. The molecule has 2 aliphatic rings. The number of fused-ring (bicyclic) bond motifs is 1. The van der Waals surface area contributed by atoms with Crippen LogP contribution in [0.4, 0.5) is 5.69 Å². The Morgan fingerprint density at radius 1 is 1.11 bits per heavy atom. The highest BCUT2D eigenvalue weighted by Crippen LogP contribution is 2.36. The Bertz CT molecular complexity index is 1010. The highest BCUT2D eigenvalue weighted by atomic mass is 16.7. The molecule has 0 atom stereocenters. The van der Waals surface area contributed by atoms with Gasteiger partial charge >= 0.3 is 0 Å². The fraction of sp³-hybridized carbons (Fsp3) is 0.300. The monoisotopic (exact) mass is 377 g/mol. The minimum Gasteiger partial charge on any atom is -0.454 e. The number of hydrogen-bond donors (Lipinski definition) is 1. The number of hydrogen-bond acceptors (Lipinski definition) is 6. The third-order valence-electron chi connectivity index (χ3n) is 4.89. The summed E-state index contributed by atoms with van der Waals surface area (Å²) in [5.41, 5.74) is 2.74. The van der Waals surface area contributed by atoms with Crippen molar-refractivity contribution in [1.29, 1.82) is 0 Å². The van der Waals surface area contributed by atoms with E-state index in [0.717, 1.165) is 47.0 Å². The van der Waals surface area contributed by atoms with Gasteiger partial charge in [-0.25, -0.2) is 4.68 Å². The first kappa shape index (κ1) is 16.7. The van der Waals surface area contributed by atoms with Crippen LogP contribution in [0.5, 0.6) is 11.5 Å². The summed E-state index contributed by atoms with van der Waals surface area (Å²) in [4.78, 5) is 12.3. The maximum absolute atomic E-state index is 12.3. The summed E-state index contributed by atoms with van der Waals surface area (Å²) in [6.07, 6.45) is 3.27. The zero-order chi connectivity index (χ0) is 18.9. The molecule has 8 nitrogen and oxygen atoms in total. The van der Waals surface area contributed by atoms with Crippen molar-refractivity contribution >= 4 is 11.6 Å². The van der Waals surface area contributed by atoms with E-state index in [1.54, 1.807) is 0 Å². The molecule has 2 heterocycles. The van der Waals surface area contributed by atoms with Crippen LogP contribution in [0.2, 0.25) is 0 Å². The van der Waals surface area contributed by atoms with Crippen LogP contribution in [0, 0.1) is 0 Å². The van der Waals surface area contributed by atoms with Crippen LogP contribution in [0.25, 0.3) is 11.4 Å². The average Bonchev–Trinajstić information content (AvgIpc) is 3.25. The van der Waals surface area contributed by atoms with Crippen molar-refractivity contribution in [2.45, 2.75) is 31.7 Å². The summed E-state index contributed by atoms with van der Waals surface area (Å²) in [5, 5.41) is 14.9. The van der Waals surface area contributed by atoms with Crippen molar-refractivity contribution in [2.24, 2.45) is 0 Å². The van der Waals surface area contributed by atoms with E-state index in [2.05, 4.69) is 20.8 Å². The molecule has 0 radical (unpaired) electrons. The van der Waals surface area contributed by atoms with E-state index in [1.807, 2.05) is 47.1 Å². The second-order valence-corrected chi connectivity index (χ2v) is 6.99. The first-order chi connectivity index (χ1) is 13.8. The molecule has 0 spiro atoms. The van der Waals surface area contributed by atoms with E-state index < -0.39 is 0 Å². The molecule has 1 saturated carbocycles. The molecule has 1 aliphatic carbocycles. The van der Waals surface area contributed by atoms with Crippen molar-refractivity contribution in [1.82, 2.24) is 20.2 Å². The number of ether oxygens (including phenoxy) is 2. The number of nitrogens with one attached hydrogen (secondary N) is 1. The lowest BCUT2D eigenvalue weighted by Gasteiger charge is -2.07. The Morgan fingerprint density at radius 2 is 1.93 bits per heavy atom. The van der Waals surface area contributed by atoms with Gasteiger partial charge < -0.3 is 14.8 Å². The molecular formula is C20H19N5O3. The van der Waals surface area contributed by atoms with Crippen molar-refractivity contribution in [2.75, 3.05) is 12.1 Å². The summed E-state index contributed by atoms with van der Waals surface area (Å²) in [5.74, 6) is 2.22. The summed E-state index contributed by atoms with van der Waals surface area (Å²) in [7, 11) is 0. The smallest absolute Gasteiger partial charge is 0.231 e.